The Hall–Kier alpha value is -2.91. The molecule has 12 heteroatoms. The molecule has 186 valence electrons. The number of benzene rings is 1. The number of aromatic nitrogens is 2. The standard InChI is InChI=1S/C23H25F3N6O2S/c24-23(25,26)20-13-22(29-21(14-27)28-20)32-8-7-17(15-32)35(33,34)19-4-2-1-3-18(19)31-11-9-30(10-12-31)16-5-6-16/h1-4,13,16-17H,5-12,15H2/t17-/m0/s1. The van der Waals surface area contributed by atoms with E-state index in [9.17, 15) is 21.6 Å². The van der Waals surface area contributed by atoms with E-state index in [4.69, 9.17) is 5.26 Å². The van der Waals surface area contributed by atoms with E-state index < -0.39 is 32.8 Å². The van der Waals surface area contributed by atoms with Crippen LogP contribution in [-0.2, 0) is 16.0 Å². The monoisotopic (exact) mass is 506 g/mol. The first kappa shape index (κ1) is 23.8. The zero-order chi connectivity index (χ0) is 24.8. The molecule has 0 amide bonds. The molecule has 8 nitrogen and oxygen atoms in total. The fraction of sp³-hybridized carbons (Fsp3) is 0.522. The first-order valence-electron chi connectivity index (χ1n) is 11.6. The number of hydrogen-bond acceptors (Lipinski definition) is 8. The molecule has 2 aliphatic heterocycles. The SMILES string of the molecule is N#Cc1nc(N2CC[C@H](S(=O)(=O)c3ccccc3N3CCN(C4CC4)CC3)C2)cc(C(F)(F)F)n1. The lowest BCUT2D eigenvalue weighted by Gasteiger charge is -2.37. The minimum atomic E-state index is -4.74. The predicted molar refractivity (Wildman–Crippen MR) is 123 cm³/mol. The van der Waals surface area contributed by atoms with Gasteiger partial charge in [-0.05, 0) is 31.4 Å². The van der Waals surface area contributed by atoms with Crippen molar-refractivity contribution in [3.05, 3.63) is 41.9 Å². The first-order valence-corrected chi connectivity index (χ1v) is 13.1. The van der Waals surface area contributed by atoms with Crippen LogP contribution < -0.4 is 9.80 Å². The molecule has 1 aromatic heterocycles. The number of sulfone groups is 1. The van der Waals surface area contributed by atoms with Gasteiger partial charge in [-0.15, -0.1) is 0 Å². The van der Waals surface area contributed by atoms with Crippen molar-refractivity contribution in [3.8, 4) is 6.07 Å². The molecule has 0 radical (unpaired) electrons. The molecule has 1 atom stereocenters. The first-order chi connectivity index (χ1) is 16.7. The van der Waals surface area contributed by atoms with E-state index in [-0.39, 0.29) is 30.2 Å². The predicted octanol–water partition coefficient (Wildman–Crippen LogP) is 2.70. The van der Waals surface area contributed by atoms with Crippen molar-refractivity contribution in [1.82, 2.24) is 14.9 Å². The Labute approximate surface area is 201 Å². The summed E-state index contributed by atoms with van der Waals surface area (Å²) in [5.74, 6) is -0.692. The zero-order valence-corrected chi connectivity index (χ0v) is 19.8. The Kier molecular flexibility index (Phi) is 6.09. The summed E-state index contributed by atoms with van der Waals surface area (Å²) in [5, 5.41) is 8.27. The molecule has 35 heavy (non-hydrogen) atoms. The summed E-state index contributed by atoms with van der Waals surface area (Å²) in [7, 11) is -3.76. The number of rotatable bonds is 5. The van der Waals surface area contributed by atoms with Crippen molar-refractivity contribution in [2.75, 3.05) is 49.1 Å². The van der Waals surface area contributed by atoms with Crippen molar-refractivity contribution >= 4 is 21.3 Å². The van der Waals surface area contributed by atoms with Gasteiger partial charge in [0.05, 0.1) is 15.8 Å². The summed E-state index contributed by atoms with van der Waals surface area (Å²) in [6, 6.07) is 9.95. The van der Waals surface area contributed by atoms with Crippen molar-refractivity contribution in [2.24, 2.45) is 0 Å². The molecule has 0 bridgehead atoms. The average Bonchev–Trinajstić information content (AvgIpc) is 3.58. The van der Waals surface area contributed by atoms with E-state index in [2.05, 4.69) is 19.8 Å². The molecule has 3 fully saturated rings. The Morgan fingerprint density at radius 1 is 0.971 bits per heavy atom. The lowest BCUT2D eigenvalue weighted by molar-refractivity contribution is -0.141. The number of piperazine rings is 1. The number of nitrogens with zero attached hydrogens (tertiary/aromatic N) is 6. The van der Waals surface area contributed by atoms with Crippen molar-refractivity contribution in [2.45, 2.75) is 41.6 Å². The molecule has 2 aromatic rings. The molecule has 1 aliphatic carbocycles. The molecule has 3 heterocycles. The van der Waals surface area contributed by atoms with E-state index >= 15 is 0 Å². The topological polar surface area (TPSA) is 93.4 Å². The van der Waals surface area contributed by atoms with Gasteiger partial charge in [-0.2, -0.15) is 18.4 Å². The van der Waals surface area contributed by atoms with Crippen LogP contribution >= 0.6 is 0 Å². The fourth-order valence-corrected chi connectivity index (χ4v) is 6.80. The van der Waals surface area contributed by atoms with Gasteiger partial charge in [0.15, 0.2) is 15.5 Å². The molecule has 1 aromatic carbocycles. The van der Waals surface area contributed by atoms with Crippen molar-refractivity contribution in [1.29, 1.82) is 5.26 Å². The average molecular weight is 507 g/mol. The minimum Gasteiger partial charge on any atom is -0.368 e. The van der Waals surface area contributed by atoms with Crippen LogP contribution in [0.5, 0.6) is 0 Å². The van der Waals surface area contributed by atoms with E-state index in [1.807, 2.05) is 12.1 Å². The van der Waals surface area contributed by atoms with Gasteiger partial charge in [-0.1, -0.05) is 12.1 Å². The highest BCUT2D eigenvalue weighted by molar-refractivity contribution is 7.92. The van der Waals surface area contributed by atoms with Gasteiger partial charge in [0.25, 0.3) is 0 Å². The van der Waals surface area contributed by atoms with Crippen LogP contribution in [0.3, 0.4) is 0 Å². The van der Waals surface area contributed by atoms with E-state index in [0.717, 1.165) is 32.2 Å². The number of halogens is 3. The highest BCUT2D eigenvalue weighted by atomic mass is 32.2. The van der Waals surface area contributed by atoms with E-state index in [0.29, 0.717) is 11.7 Å². The highest BCUT2D eigenvalue weighted by Gasteiger charge is 2.39. The maximum Gasteiger partial charge on any atom is 0.433 e. The number of para-hydroxylation sites is 1. The molecule has 5 rings (SSSR count). The van der Waals surface area contributed by atoms with Gasteiger partial charge in [0.2, 0.25) is 5.82 Å². The number of nitriles is 1. The Morgan fingerprint density at radius 2 is 1.69 bits per heavy atom. The van der Waals surface area contributed by atoms with Crippen LogP contribution in [0.1, 0.15) is 30.8 Å². The van der Waals surface area contributed by atoms with Gasteiger partial charge in [-0.3, -0.25) is 4.90 Å². The third-order valence-corrected chi connectivity index (χ3v) is 9.12. The summed E-state index contributed by atoms with van der Waals surface area (Å²) < 4.78 is 67.0. The second kappa shape index (κ2) is 8.95. The lowest BCUT2D eigenvalue weighted by atomic mass is 10.2. The molecule has 1 saturated carbocycles. The van der Waals surface area contributed by atoms with Crippen LogP contribution in [0.25, 0.3) is 0 Å². The lowest BCUT2D eigenvalue weighted by Crippen LogP contribution is -2.47. The third-order valence-electron chi connectivity index (χ3n) is 6.90. The second-order valence-electron chi connectivity index (χ2n) is 9.17. The third kappa shape index (κ3) is 4.79. The quantitative estimate of drug-likeness (QED) is 0.611. The van der Waals surface area contributed by atoms with Gasteiger partial charge in [-0.25, -0.2) is 18.4 Å². The summed E-state index contributed by atoms with van der Waals surface area (Å²) in [6.07, 6.45) is -2.03. The van der Waals surface area contributed by atoms with E-state index in [1.165, 1.54) is 17.7 Å². The van der Waals surface area contributed by atoms with Crippen LogP contribution in [0, 0.1) is 11.3 Å². The molecule has 0 N–H and O–H groups in total. The number of alkyl halides is 3. The molecule has 2 saturated heterocycles. The Bertz CT molecular complexity index is 1250. The molecular weight excluding hydrogens is 481 g/mol. The van der Waals surface area contributed by atoms with Gasteiger partial charge < -0.3 is 9.80 Å². The van der Waals surface area contributed by atoms with Crippen LogP contribution in [0.15, 0.2) is 35.2 Å². The maximum atomic E-state index is 13.7. The normalized spacial score (nSPS) is 21.8. The highest BCUT2D eigenvalue weighted by Crippen LogP contribution is 2.35. The molecule has 0 spiro atoms. The molecular formula is C23H25F3N6O2S. The largest absolute Gasteiger partial charge is 0.433 e. The second-order valence-corrected chi connectivity index (χ2v) is 11.4. The summed E-state index contributed by atoms with van der Waals surface area (Å²) in [6.45, 7) is 3.49. The van der Waals surface area contributed by atoms with Gasteiger partial charge in [0, 0.05) is 51.4 Å². The maximum absolute atomic E-state index is 13.7. The Morgan fingerprint density at radius 3 is 2.34 bits per heavy atom. The van der Waals surface area contributed by atoms with Gasteiger partial charge >= 0.3 is 6.18 Å². The fourth-order valence-electron chi connectivity index (χ4n) is 4.89. The molecule has 3 aliphatic rings. The van der Waals surface area contributed by atoms with Crippen LogP contribution in [0.4, 0.5) is 24.7 Å². The molecule has 0 unspecified atom stereocenters. The Balaban J connectivity index is 1.36. The zero-order valence-electron chi connectivity index (χ0n) is 18.9. The van der Waals surface area contributed by atoms with Gasteiger partial charge in [0.1, 0.15) is 11.9 Å². The smallest absolute Gasteiger partial charge is 0.368 e. The van der Waals surface area contributed by atoms with E-state index in [1.54, 1.807) is 18.2 Å². The summed E-state index contributed by atoms with van der Waals surface area (Å²) in [4.78, 5) is 13.4. The number of hydrogen-bond donors (Lipinski definition) is 0. The minimum absolute atomic E-state index is 0.00863. The van der Waals surface area contributed by atoms with Crippen molar-refractivity contribution < 1.29 is 21.6 Å². The summed E-state index contributed by atoms with van der Waals surface area (Å²) >= 11 is 0. The van der Waals surface area contributed by atoms with Crippen LogP contribution in [0.2, 0.25) is 0 Å². The summed E-state index contributed by atoms with van der Waals surface area (Å²) in [5.41, 5.74) is -0.546. The van der Waals surface area contributed by atoms with Crippen molar-refractivity contribution in [3.63, 3.8) is 0 Å². The van der Waals surface area contributed by atoms with Crippen LogP contribution in [-0.4, -0.2) is 73.8 Å². The number of anilines is 2.